The smallest absolute Gasteiger partial charge is 0.138 e. The maximum atomic E-state index is 5.47. The number of benzene rings is 1. The molecule has 1 saturated heterocycles. The molecule has 3 heteroatoms. The first kappa shape index (κ1) is 12.4. The van der Waals surface area contributed by atoms with E-state index in [9.17, 15) is 0 Å². The van der Waals surface area contributed by atoms with Gasteiger partial charge < -0.3 is 9.84 Å². The Morgan fingerprint density at radius 3 is 2.95 bits per heavy atom. The standard InChI is InChI=1S/C16H20N2O/c1-3-7-13(8-4-1)16-12-15(19-18-16)11-14-9-5-2-6-10-17-14/h1,3-4,7-8,12,14,17H,2,5-6,9-11H2. The number of aromatic nitrogens is 1. The molecule has 1 aromatic carbocycles. The van der Waals surface area contributed by atoms with Gasteiger partial charge in [-0.15, -0.1) is 0 Å². The van der Waals surface area contributed by atoms with Crippen LogP contribution >= 0.6 is 0 Å². The number of nitrogens with one attached hydrogen (secondary N) is 1. The van der Waals surface area contributed by atoms with E-state index in [0.717, 1.165) is 30.0 Å². The third-order valence-electron chi connectivity index (χ3n) is 3.74. The largest absolute Gasteiger partial charge is 0.361 e. The van der Waals surface area contributed by atoms with Crippen LogP contribution in [0.1, 0.15) is 31.4 Å². The van der Waals surface area contributed by atoms with E-state index in [1.165, 1.54) is 25.7 Å². The molecule has 3 rings (SSSR count). The van der Waals surface area contributed by atoms with Crippen LogP contribution in [0, 0.1) is 0 Å². The van der Waals surface area contributed by atoms with E-state index in [-0.39, 0.29) is 0 Å². The molecule has 1 aromatic heterocycles. The number of hydrogen-bond donors (Lipinski definition) is 1. The van der Waals surface area contributed by atoms with E-state index in [1.807, 2.05) is 18.2 Å². The zero-order valence-corrected chi connectivity index (χ0v) is 11.1. The molecular weight excluding hydrogens is 236 g/mol. The van der Waals surface area contributed by atoms with Crippen LogP contribution in [0.15, 0.2) is 40.9 Å². The molecule has 0 aliphatic carbocycles. The third kappa shape index (κ3) is 3.24. The summed E-state index contributed by atoms with van der Waals surface area (Å²) in [6.45, 7) is 1.13. The van der Waals surface area contributed by atoms with Gasteiger partial charge in [0, 0.05) is 24.1 Å². The van der Waals surface area contributed by atoms with Crippen LogP contribution in [0.4, 0.5) is 0 Å². The van der Waals surface area contributed by atoms with E-state index in [2.05, 4.69) is 28.7 Å². The predicted octanol–water partition coefficient (Wildman–Crippen LogP) is 3.42. The molecule has 0 amide bonds. The number of rotatable bonds is 3. The van der Waals surface area contributed by atoms with Gasteiger partial charge in [0.15, 0.2) is 0 Å². The van der Waals surface area contributed by atoms with Crippen molar-refractivity contribution in [1.29, 1.82) is 0 Å². The normalized spacial score (nSPS) is 20.1. The molecule has 100 valence electrons. The van der Waals surface area contributed by atoms with Crippen LogP contribution < -0.4 is 5.32 Å². The highest BCUT2D eigenvalue weighted by molar-refractivity contribution is 5.58. The maximum Gasteiger partial charge on any atom is 0.138 e. The van der Waals surface area contributed by atoms with Crippen molar-refractivity contribution in [2.75, 3.05) is 6.54 Å². The van der Waals surface area contributed by atoms with Crippen LogP contribution in [0.3, 0.4) is 0 Å². The first-order chi connectivity index (χ1) is 9.42. The molecule has 1 unspecified atom stereocenters. The fourth-order valence-electron chi connectivity index (χ4n) is 2.67. The van der Waals surface area contributed by atoms with Gasteiger partial charge in [0.05, 0.1) is 0 Å². The highest BCUT2D eigenvalue weighted by Crippen LogP contribution is 2.20. The van der Waals surface area contributed by atoms with Crippen molar-refractivity contribution in [2.24, 2.45) is 0 Å². The SMILES string of the molecule is c1ccc(-c2cc(CC3CCCCCN3)on2)cc1. The molecule has 3 nitrogen and oxygen atoms in total. The minimum Gasteiger partial charge on any atom is -0.361 e. The molecule has 0 bridgehead atoms. The van der Waals surface area contributed by atoms with E-state index in [0.29, 0.717) is 6.04 Å². The Morgan fingerprint density at radius 1 is 1.16 bits per heavy atom. The van der Waals surface area contributed by atoms with Crippen molar-refractivity contribution < 1.29 is 4.52 Å². The van der Waals surface area contributed by atoms with Crippen LogP contribution in [0.25, 0.3) is 11.3 Å². The van der Waals surface area contributed by atoms with Crippen molar-refractivity contribution in [2.45, 2.75) is 38.1 Å². The molecule has 2 heterocycles. The minimum atomic E-state index is 0.541. The Kier molecular flexibility index (Phi) is 3.94. The van der Waals surface area contributed by atoms with Crippen LogP contribution in [0.5, 0.6) is 0 Å². The molecule has 0 spiro atoms. The van der Waals surface area contributed by atoms with Crippen molar-refractivity contribution in [3.8, 4) is 11.3 Å². The molecule has 2 aromatic rings. The molecule has 0 saturated carbocycles. The summed E-state index contributed by atoms with van der Waals surface area (Å²) in [4.78, 5) is 0. The van der Waals surface area contributed by atoms with Crippen molar-refractivity contribution in [1.82, 2.24) is 10.5 Å². The summed E-state index contributed by atoms with van der Waals surface area (Å²) in [5.74, 6) is 0.984. The van der Waals surface area contributed by atoms with E-state index >= 15 is 0 Å². The van der Waals surface area contributed by atoms with E-state index in [1.54, 1.807) is 0 Å². The fraction of sp³-hybridized carbons (Fsp3) is 0.438. The fourth-order valence-corrected chi connectivity index (χ4v) is 2.67. The Balaban J connectivity index is 1.68. The summed E-state index contributed by atoms with van der Waals surface area (Å²) in [6.07, 6.45) is 6.13. The van der Waals surface area contributed by atoms with Gasteiger partial charge in [-0.1, -0.05) is 48.3 Å². The lowest BCUT2D eigenvalue weighted by Crippen LogP contribution is -2.29. The predicted molar refractivity (Wildman–Crippen MR) is 75.9 cm³/mol. The minimum absolute atomic E-state index is 0.541. The van der Waals surface area contributed by atoms with Gasteiger partial charge in [0.2, 0.25) is 0 Å². The second-order valence-electron chi connectivity index (χ2n) is 5.25. The molecular formula is C16H20N2O. The summed E-state index contributed by atoms with van der Waals surface area (Å²) < 4.78 is 5.47. The summed E-state index contributed by atoms with van der Waals surface area (Å²) in [5, 5.41) is 7.76. The quantitative estimate of drug-likeness (QED) is 0.914. The summed E-state index contributed by atoms with van der Waals surface area (Å²) >= 11 is 0. The molecule has 1 aliphatic rings. The second kappa shape index (κ2) is 6.02. The monoisotopic (exact) mass is 256 g/mol. The van der Waals surface area contributed by atoms with Crippen molar-refractivity contribution in [3.63, 3.8) is 0 Å². The average molecular weight is 256 g/mol. The van der Waals surface area contributed by atoms with E-state index < -0.39 is 0 Å². The molecule has 1 aliphatic heterocycles. The summed E-state index contributed by atoms with van der Waals surface area (Å²) in [6, 6.07) is 12.8. The zero-order chi connectivity index (χ0) is 12.9. The average Bonchev–Trinajstić information content (AvgIpc) is 2.76. The van der Waals surface area contributed by atoms with Crippen LogP contribution in [0.2, 0.25) is 0 Å². The topological polar surface area (TPSA) is 38.1 Å². The van der Waals surface area contributed by atoms with Gasteiger partial charge >= 0.3 is 0 Å². The van der Waals surface area contributed by atoms with E-state index in [4.69, 9.17) is 4.52 Å². The third-order valence-corrected chi connectivity index (χ3v) is 3.74. The molecule has 0 radical (unpaired) electrons. The highest BCUT2D eigenvalue weighted by Gasteiger charge is 2.15. The molecule has 1 atom stereocenters. The Bertz CT molecular complexity index is 498. The summed E-state index contributed by atoms with van der Waals surface area (Å²) in [7, 11) is 0. The van der Waals surface area contributed by atoms with Gasteiger partial charge in [-0.25, -0.2) is 0 Å². The van der Waals surface area contributed by atoms with Gasteiger partial charge in [-0.05, 0) is 19.4 Å². The van der Waals surface area contributed by atoms with Gasteiger partial charge in [0.25, 0.3) is 0 Å². The Hall–Kier alpha value is -1.61. The molecule has 1 N–H and O–H groups in total. The lowest BCUT2D eigenvalue weighted by Gasteiger charge is -2.12. The Morgan fingerprint density at radius 2 is 2.05 bits per heavy atom. The summed E-state index contributed by atoms with van der Waals surface area (Å²) in [5.41, 5.74) is 2.05. The van der Waals surface area contributed by atoms with Crippen LogP contribution in [-0.4, -0.2) is 17.7 Å². The maximum absolute atomic E-state index is 5.47. The lowest BCUT2D eigenvalue weighted by molar-refractivity contribution is 0.362. The lowest BCUT2D eigenvalue weighted by atomic mass is 10.1. The Labute approximate surface area is 114 Å². The van der Waals surface area contributed by atoms with Gasteiger partial charge in [0.1, 0.15) is 11.5 Å². The van der Waals surface area contributed by atoms with Gasteiger partial charge in [-0.3, -0.25) is 0 Å². The number of nitrogens with zero attached hydrogens (tertiary/aromatic N) is 1. The number of hydrogen-bond acceptors (Lipinski definition) is 3. The van der Waals surface area contributed by atoms with Crippen LogP contribution in [-0.2, 0) is 6.42 Å². The highest BCUT2D eigenvalue weighted by atomic mass is 16.5. The molecule has 19 heavy (non-hydrogen) atoms. The first-order valence-electron chi connectivity index (χ1n) is 7.16. The molecule has 1 fully saturated rings. The first-order valence-corrected chi connectivity index (χ1v) is 7.16. The van der Waals surface area contributed by atoms with Crippen molar-refractivity contribution in [3.05, 3.63) is 42.2 Å². The zero-order valence-electron chi connectivity index (χ0n) is 11.1. The van der Waals surface area contributed by atoms with Crippen molar-refractivity contribution >= 4 is 0 Å². The van der Waals surface area contributed by atoms with Gasteiger partial charge in [-0.2, -0.15) is 0 Å². The second-order valence-corrected chi connectivity index (χ2v) is 5.25.